The Labute approximate surface area is 137 Å². The van der Waals surface area contributed by atoms with Crippen LogP contribution in [-0.4, -0.2) is 55.9 Å². The van der Waals surface area contributed by atoms with Gasteiger partial charge in [-0.25, -0.2) is 29.0 Å². The number of hydrogen-bond acceptors (Lipinski definition) is 7. The highest BCUT2D eigenvalue weighted by Crippen LogP contribution is 2.20. The summed E-state index contributed by atoms with van der Waals surface area (Å²) in [5.41, 5.74) is 0. The maximum Gasteiger partial charge on any atom is 0.183 e. The largest absolute Gasteiger partial charge is 0.353 e. The summed E-state index contributed by atoms with van der Waals surface area (Å²) in [7, 11) is 0. The van der Waals surface area contributed by atoms with Gasteiger partial charge in [0.1, 0.15) is 18.5 Å². The summed E-state index contributed by atoms with van der Waals surface area (Å²) in [5, 5.41) is 4.18. The van der Waals surface area contributed by atoms with Crippen molar-refractivity contribution in [3.8, 4) is 5.82 Å². The van der Waals surface area contributed by atoms with E-state index in [1.165, 1.54) is 18.9 Å². The molecule has 0 aromatic carbocycles. The van der Waals surface area contributed by atoms with Crippen LogP contribution in [-0.2, 0) is 0 Å². The molecule has 24 heavy (non-hydrogen) atoms. The first-order valence-corrected chi connectivity index (χ1v) is 7.59. The van der Waals surface area contributed by atoms with Gasteiger partial charge in [-0.3, -0.25) is 0 Å². The van der Waals surface area contributed by atoms with Crippen LogP contribution in [0.2, 0.25) is 0 Å². The standard InChI is InChI=1S/C15H15FN8/c16-12-9-17-10-20-15(12)23-6-4-22(5-7-23)13-8-14(19-11-18-13)24-3-1-2-21-24/h1-3,8-11H,4-7H2. The van der Waals surface area contributed by atoms with Crippen molar-refractivity contribution in [3.63, 3.8) is 0 Å². The zero-order valence-corrected chi connectivity index (χ0v) is 12.8. The van der Waals surface area contributed by atoms with Crippen molar-refractivity contribution in [2.45, 2.75) is 0 Å². The topological polar surface area (TPSA) is 75.9 Å². The minimum absolute atomic E-state index is 0.351. The van der Waals surface area contributed by atoms with E-state index in [1.54, 1.807) is 10.9 Å². The van der Waals surface area contributed by atoms with Gasteiger partial charge in [0.05, 0.1) is 6.20 Å². The number of halogens is 1. The van der Waals surface area contributed by atoms with Gasteiger partial charge in [0.2, 0.25) is 0 Å². The van der Waals surface area contributed by atoms with E-state index in [1.807, 2.05) is 23.2 Å². The maximum absolute atomic E-state index is 13.8. The van der Waals surface area contributed by atoms with Gasteiger partial charge < -0.3 is 9.80 Å². The van der Waals surface area contributed by atoms with Crippen molar-refractivity contribution in [1.82, 2.24) is 29.7 Å². The lowest BCUT2D eigenvalue weighted by atomic mass is 10.3. The summed E-state index contributed by atoms with van der Waals surface area (Å²) in [6, 6.07) is 3.74. The molecule has 0 atom stereocenters. The second-order valence-electron chi connectivity index (χ2n) is 5.35. The average molecular weight is 326 g/mol. The van der Waals surface area contributed by atoms with Gasteiger partial charge in [0, 0.05) is 44.6 Å². The summed E-state index contributed by atoms with van der Waals surface area (Å²) in [5.74, 6) is 1.51. The van der Waals surface area contributed by atoms with Crippen molar-refractivity contribution in [2.75, 3.05) is 36.0 Å². The van der Waals surface area contributed by atoms with E-state index in [-0.39, 0.29) is 0 Å². The molecule has 0 saturated carbocycles. The third kappa shape index (κ3) is 2.75. The predicted octanol–water partition coefficient (Wildman–Crippen LogP) is 0.918. The van der Waals surface area contributed by atoms with E-state index in [0.717, 1.165) is 18.9 Å². The monoisotopic (exact) mass is 326 g/mol. The lowest BCUT2D eigenvalue weighted by Gasteiger charge is -2.36. The molecule has 1 aliphatic rings. The van der Waals surface area contributed by atoms with Gasteiger partial charge in [0.15, 0.2) is 17.5 Å². The molecular formula is C15H15FN8. The first-order valence-electron chi connectivity index (χ1n) is 7.59. The fourth-order valence-corrected chi connectivity index (χ4v) is 2.73. The zero-order valence-electron chi connectivity index (χ0n) is 12.8. The van der Waals surface area contributed by atoms with Gasteiger partial charge in [-0.15, -0.1) is 0 Å². The van der Waals surface area contributed by atoms with Crippen LogP contribution in [0.5, 0.6) is 0 Å². The summed E-state index contributed by atoms with van der Waals surface area (Å²) in [4.78, 5) is 20.4. The molecule has 9 heteroatoms. The number of aromatic nitrogens is 6. The van der Waals surface area contributed by atoms with Crippen molar-refractivity contribution in [2.24, 2.45) is 0 Å². The second-order valence-corrected chi connectivity index (χ2v) is 5.35. The van der Waals surface area contributed by atoms with Crippen LogP contribution in [0.4, 0.5) is 16.0 Å². The SMILES string of the molecule is Fc1cncnc1N1CCN(c2cc(-n3cccn3)ncn2)CC1. The second kappa shape index (κ2) is 6.19. The molecule has 0 unspecified atom stereocenters. The quantitative estimate of drug-likeness (QED) is 0.708. The molecule has 4 rings (SSSR count). The summed E-state index contributed by atoms with van der Waals surface area (Å²) < 4.78 is 15.5. The van der Waals surface area contributed by atoms with Crippen molar-refractivity contribution >= 4 is 11.6 Å². The molecule has 3 aromatic rings. The lowest BCUT2D eigenvalue weighted by Crippen LogP contribution is -2.47. The number of anilines is 2. The Morgan fingerprint density at radius 3 is 2.46 bits per heavy atom. The molecule has 8 nitrogen and oxygen atoms in total. The van der Waals surface area contributed by atoms with Crippen molar-refractivity contribution in [3.05, 3.63) is 49.2 Å². The first kappa shape index (κ1) is 14.5. The van der Waals surface area contributed by atoms with E-state index < -0.39 is 5.82 Å². The third-order valence-electron chi connectivity index (χ3n) is 3.93. The highest BCUT2D eigenvalue weighted by atomic mass is 19.1. The van der Waals surface area contributed by atoms with E-state index in [0.29, 0.717) is 24.7 Å². The van der Waals surface area contributed by atoms with E-state index in [4.69, 9.17) is 0 Å². The van der Waals surface area contributed by atoms with E-state index >= 15 is 0 Å². The first-order chi connectivity index (χ1) is 11.8. The van der Waals surface area contributed by atoms with Gasteiger partial charge >= 0.3 is 0 Å². The zero-order chi connectivity index (χ0) is 16.4. The summed E-state index contributed by atoms with van der Waals surface area (Å²) >= 11 is 0. The Hall–Kier alpha value is -3.10. The van der Waals surface area contributed by atoms with Crippen LogP contribution in [0, 0.1) is 5.82 Å². The normalized spacial score (nSPS) is 14.9. The van der Waals surface area contributed by atoms with Crippen molar-refractivity contribution < 1.29 is 4.39 Å². The molecule has 122 valence electrons. The van der Waals surface area contributed by atoms with Gasteiger partial charge in [0.25, 0.3) is 0 Å². The van der Waals surface area contributed by atoms with Crippen LogP contribution in [0.15, 0.2) is 43.4 Å². The smallest absolute Gasteiger partial charge is 0.183 e. The molecular weight excluding hydrogens is 311 g/mol. The highest BCUT2D eigenvalue weighted by Gasteiger charge is 2.21. The Morgan fingerprint density at radius 2 is 1.71 bits per heavy atom. The number of rotatable bonds is 3. The molecule has 0 aliphatic carbocycles. The van der Waals surface area contributed by atoms with Crippen LogP contribution < -0.4 is 9.80 Å². The molecule has 0 amide bonds. The van der Waals surface area contributed by atoms with Gasteiger partial charge in [-0.2, -0.15) is 5.10 Å². The number of hydrogen-bond donors (Lipinski definition) is 0. The Bertz CT molecular complexity index is 814. The molecule has 1 aliphatic heterocycles. The summed E-state index contributed by atoms with van der Waals surface area (Å²) in [6.45, 7) is 2.77. The average Bonchev–Trinajstić information content (AvgIpc) is 3.17. The fourth-order valence-electron chi connectivity index (χ4n) is 2.73. The van der Waals surface area contributed by atoms with Crippen LogP contribution in [0.3, 0.4) is 0 Å². The number of piperazine rings is 1. The Morgan fingerprint density at radius 1 is 0.917 bits per heavy atom. The van der Waals surface area contributed by atoms with Crippen LogP contribution in [0.25, 0.3) is 5.82 Å². The van der Waals surface area contributed by atoms with Crippen molar-refractivity contribution in [1.29, 1.82) is 0 Å². The highest BCUT2D eigenvalue weighted by molar-refractivity contribution is 5.47. The summed E-state index contributed by atoms with van der Waals surface area (Å²) in [6.07, 6.45) is 7.63. The van der Waals surface area contributed by atoms with Gasteiger partial charge in [-0.05, 0) is 6.07 Å². The molecule has 0 radical (unpaired) electrons. The molecule has 1 fully saturated rings. The maximum atomic E-state index is 13.8. The minimum atomic E-state index is -0.394. The molecule has 1 saturated heterocycles. The van der Waals surface area contributed by atoms with Gasteiger partial charge in [-0.1, -0.05) is 0 Å². The van der Waals surface area contributed by atoms with E-state index in [2.05, 4.69) is 29.9 Å². The Balaban J connectivity index is 1.48. The molecule has 3 aromatic heterocycles. The minimum Gasteiger partial charge on any atom is -0.353 e. The van der Waals surface area contributed by atoms with E-state index in [9.17, 15) is 4.39 Å². The molecule has 0 N–H and O–H groups in total. The fraction of sp³-hybridized carbons (Fsp3) is 0.267. The van der Waals surface area contributed by atoms with Crippen LogP contribution in [0.1, 0.15) is 0 Å². The Kier molecular flexibility index (Phi) is 3.73. The molecule has 0 spiro atoms. The predicted molar refractivity (Wildman–Crippen MR) is 85.6 cm³/mol. The van der Waals surface area contributed by atoms with Crippen LogP contribution >= 0.6 is 0 Å². The molecule has 4 heterocycles. The number of nitrogens with zero attached hydrogens (tertiary/aromatic N) is 8. The molecule has 0 bridgehead atoms. The third-order valence-corrected chi connectivity index (χ3v) is 3.93. The lowest BCUT2D eigenvalue weighted by molar-refractivity contribution is 0.581.